The molecule has 8 bridgehead atoms. The maximum atomic E-state index is 14.2. The van der Waals surface area contributed by atoms with Crippen molar-refractivity contribution in [3.8, 4) is 0 Å². The van der Waals surface area contributed by atoms with Crippen LogP contribution in [0.15, 0.2) is 18.0 Å². The molecule has 5 heterocycles. The quantitative estimate of drug-likeness (QED) is 0.243. The Balaban J connectivity index is 0.00000433. The van der Waals surface area contributed by atoms with Crippen LogP contribution in [0.2, 0.25) is 0 Å². The number of nitrogens with two attached hydrogens (primary N) is 1. The predicted octanol–water partition coefficient (Wildman–Crippen LogP) is 2.69. The first-order chi connectivity index (χ1) is 21.9. The van der Waals surface area contributed by atoms with Crippen LogP contribution in [0.25, 0.3) is 35.2 Å². The molecule has 1 aliphatic carbocycles. The molecule has 0 radical (unpaired) electrons. The number of nitrogens with zero attached hydrogens (tertiary/aromatic N) is 4. The summed E-state index contributed by atoms with van der Waals surface area (Å²) in [5.74, 6) is -2.50. The van der Waals surface area contributed by atoms with E-state index in [2.05, 4.69) is 13.5 Å². The summed E-state index contributed by atoms with van der Waals surface area (Å²) in [5.41, 5.74) is 13.0. The summed E-state index contributed by atoms with van der Waals surface area (Å²) in [4.78, 5) is 55.0. The van der Waals surface area contributed by atoms with Gasteiger partial charge in [0.1, 0.15) is 0 Å². The van der Waals surface area contributed by atoms with Gasteiger partial charge in [0.25, 0.3) is 0 Å². The number of ether oxygens (including phenoxy) is 2. The van der Waals surface area contributed by atoms with Gasteiger partial charge >= 0.3 is 35.0 Å². The van der Waals surface area contributed by atoms with E-state index in [-0.39, 0.29) is 58.4 Å². The summed E-state index contributed by atoms with van der Waals surface area (Å²) in [6.07, 6.45) is 8.75. The topological polar surface area (TPSA) is 152 Å². The number of hydrogen-bond donors (Lipinski definition) is 1. The molecule has 6 rings (SSSR count). The normalized spacial score (nSPS) is 25.0. The van der Waals surface area contributed by atoms with Crippen molar-refractivity contribution in [3.05, 3.63) is 90.1 Å². The van der Waals surface area contributed by atoms with Crippen molar-refractivity contribution in [1.82, 2.24) is 15.0 Å². The van der Waals surface area contributed by atoms with Crippen molar-refractivity contribution < 1.29 is 23.9 Å². The molecule has 0 unspecified atom stereocenters. The van der Waals surface area contributed by atoms with Crippen LogP contribution in [0, 0.1) is 32.6 Å². The van der Waals surface area contributed by atoms with Gasteiger partial charge in [0.05, 0.1) is 14.2 Å². The molecule has 240 valence electrons. The largest absolute Gasteiger partial charge is 2.00 e. The molecular formula is C36H37MgN5O5-2. The van der Waals surface area contributed by atoms with Crippen molar-refractivity contribution >= 4 is 70.7 Å². The van der Waals surface area contributed by atoms with E-state index in [0.717, 1.165) is 45.1 Å². The Morgan fingerprint density at radius 2 is 1.66 bits per heavy atom. The molecule has 11 heteroatoms. The van der Waals surface area contributed by atoms with E-state index >= 15 is 0 Å². The summed E-state index contributed by atoms with van der Waals surface area (Å²) in [6.45, 7) is 13.9. The fourth-order valence-electron chi connectivity index (χ4n) is 7.12. The van der Waals surface area contributed by atoms with Gasteiger partial charge < -0.3 is 35.5 Å². The van der Waals surface area contributed by atoms with Gasteiger partial charge in [-0.3, -0.25) is 9.59 Å². The predicted molar refractivity (Wildman–Crippen MR) is 181 cm³/mol. The monoisotopic (exact) mass is 643 g/mol. The van der Waals surface area contributed by atoms with E-state index in [9.17, 15) is 14.4 Å². The van der Waals surface area contributed by atoms with Crippen LogP contribution in [-0.4, -0.2) is 60.5 Å². The standard InChI is InChI=1S/C36H38N5O5.Mg/c1-9-20-16(3)23-13-25-18(5)22(11-12-29(42)45-7)32(40-25)31-33-30(34(43)36(31,37)35(44)46-8)19(6)26(41-33)15-28-21(10-2)17(4)24(39-28)14-27(20)38-23;/h9,13-15,18,22H,1,10-12,37H2,2-8H3,(H-,40,41,43);/q-3;+2/p-1/b24-14-,25-13-,28-15-;/t18-,22-,36-;/m0./s1. The summed E-state index contributed by atoms with van der Waals surface area (Å²) in [5, 5.41) is 6.61. The summed E-state index contributed by atoms with van der Waals surface area (Å²) in [7, 11) is 2.54. The minimum atomic E-state index is -2.16. The number of allylic oxidation sites excluding steroid dienone is 2. The number of esters is 2. The minimum Gasteiger partial charge on any atom is -0.664 e. The fraction of sp³-hybridized carbons (Fsp3) is 0.361. The molecule has 1 fully saturated rings. The van der Waals surface area contributed by atoms with Crippen molar-refractivity contribution in [2.24, 2.45) is 17.6 Å². The van der Waals surface area contributed by atoms with Crippen molar-refractivity contribution in [2.45, 2.75) is 59.4 Å². The van der Waals surface area contributed by atoms with E-state index < -0.39 is 17.3 Å². The molecule has 0 saturated carbocycles. The molecule has 3 aromatic heterocycles. The van der Waals surface area contributed by atoms with Crippen molar-refractivity contribution in [1.29, 1.82) is 0 Å². The van der Waals surface area contributed by atoms with Gasteiger partial charge in [0, 0.05) is 12.0 Å². The number of Topliss-reactive ketones (excluding diaryl/α,β-unsaturated/α-hetero) is 1. The van der Waals surface area contributed by atoms with Gasteiger partial charge in [-0.05, 0) is 56.6 Å². The van der Waals surface area contributed by atoms with Gasteiger partial charge in [-0.2, -0.15) is 11.4 Å². The van der Waals surface area contributed by atoms with Gasteiger partial charge in [-0.1, -0.05) is 67.0 Å². The molecule has 47 heavy (non-hydrogen) atoms. The van der Waals surface area contributed by atoms with Crippen molar-refractivity contribution in [3.63, 3.8) is 0 Å². The zero-order valence-electron chi connectivity index (χ0n) is 27.9. The number of hydrogen-bond acceptors (Lipinski definition) is 6. The van der Waals surface area contributed by atoms with Crippen LogP contribution in [0.3, 0.4) is 0 Å². The smallest absolute Gasteiger partial charge is 0.664 e. The third-order valence-electron chi connectivity index (χ3n) is 9.85. The van der Waals surface area contributed by atoms with E-state index in [1.807, 2.05) is 39.0 Å². The van der Waals surface area contributed by atoms with E-state index in [1.54, 1.807) is 13.0 Å². The first kappa shape index (κ1) is 34.3. The van der Waals surface area contributed by atoms with Crippen LogP contribution in [0.4, 0.5) is 0 Å². The van der Waals surface area contributed by atoms with Crippen LogP contribution < -0.4 is 31.4 Å². The average molecular weight is 644 g/mol. The first-order valence-corrected chi connectivity index (χ1v) is 15.4. The van der Waals surface area contributed by atoms with Gasteiger partial charge in [-0.25, -0.2) is 4.79 Å². The number of fused-ring (bicyclic) bond motifs is 7. The Morgan fingerprint density at radius 3 is 2.30 bits per heavy atom. The number of aromatic nitrogens is 3. The minimum absolute atomic E-state index is 0. The molecule has 2 aliphatic heterocycles. The zero-order valence-corrected chi connectivity index (χ0v) is 29.3. The maximum Gasteiger partial charge on any atom is 2.00 e. The summed E-state index contributed by atoms with van der Waals surface area (Å²) >= 11 is 0. The maximum absolute atomic E-state index is 14.2. The molecular weight excluding hydrogens is 607 g/mol. The molecule has 3 aliphatic rings. The first-order valence-electron chi connectivity index (χ1n) is 15.4. The van der Waals surface area contributed by atoms with E-state index in [0.29, 0.717) is 40.5 Å². The average Bonchev–Trinajstić information content (AvgIpc) is 3.76. The summed E-state index contributed by atoms with van der Waals surface area (Å²) in [6, 6.07) is 0. The Morgan fingerprint density at radius 1 is 0.979 bits per heavy atom. The number of rotatable bonds is 6. The molecule has 0 spiro atoms. The molecule has 3 atom stereocenters. The Bertz CT molecular complexity index is 2040. The Kier molecular flexibility index (Phi) is 9.13. The Hall–Kier alpha value is -4.06. The molecule has 3 aromatic rings. The molecule has 10 nitrogen and oxygen atoms in total. The SMILES string of the molecule is C=Cc1c2[n-]c(c1C)/C=C1\[N-]/C(=C3\c4[n-]c(c(C)c4C(=O)[C@]3(N)C(=O)OC)/C=c3\[n-]/c(c(C)c3CC)=C\2)[C@@H](CCC(=O)OC)[C@@H]1C.[Mg+2]. The summed E-state index contributed by atoms with van der Waals surface area (Å²) < 4.78 is 10.1. The fourth-order valence-corrected chi connectivity index (χ4v) is 7.12. The van der Waals surface area contributed by atoms with Crippen molar-refractivity contribution in [2.75, 3.05) is 14.2 Å². The third-order valence-corrected chi connectivity index (χ3v) is 9.85. The van der Waals surface area contributed by atoms with Crippen LogP contribution in [-0.2, 0) is 25.5 Å². The third kappa shape index (κ3) is 5.06. The second-order valence-corrected chi connectivity index (χ2v) is 12.2. The van der Waals surface area contributed by atoms with Crippen LogP contribution >= 0.6 is 0 Å². The number of carbonyl (C=O) groups excluding carboxylic acids is 3. The van der Waals surface area contributed by atoms with Gasteiger partial charge in [-0.15, -0.1) is 33.5 Å². The Labute approximate surface area is 289 Å². The van der Waals surface area contributed by atoms with Crippen LogP contribution in [0.5, 0.6) is 0 Å². The molecule has 0 aromatic carbocycles. The second-order valence-electron chi connectivity index (χ2n) is 12.2. The molecule has 2 N–H and O–H groups in total. The molecule has 1 saturated heterocycles. The van der Waals surface area contributed by atoms with Gasteiger partial charge in [0.2, 0.25) is 5.54 Å². The molecule has 0 amide bonds. The van der Waals surface area contributed by atoms with E-state index in [1.165, 1.54) is 14.2 Å². The number of methoxy groups -OCH3 is 2. The number of carbonyl (C=O) groups is 3. The van der Waals surface area contributed by atoms with Gasteiger partial charge in [0.15, 0.2) is 5.78 Å². The second kappa shape index (κ2) is 12.5. The number of ketones is 1. The van der Waals surface area contributed by atoms with Crippen LogP contribution in [0.1, 0.15) is 87.6 Å². The van der Waals surface area contributed by atoms with E-state index in [4.69, 9.17) is 35.5 Å². The zero-order chi connectivity index (χ0) is 33.2.